The van der Waals surface area contributed by atoms with Crippen molar-refractivity contribution in [1.82, 2.24) is 15.5 Å². The average Bonchev–Trinajstić information content (AvgIpc) is 2.62. The Morgan fingerprint density at radius 3 is 2.67 bits per heavy atom. The Kier molecular flexibility index (Phi) is 3.20. The maximum Gasteiger partial charge on any atom is 0.266 e. The quantitative estimate of drug-likeness (QED) is 0.774. The molecule has 1 fully saturated rings. The zero-order valence-corrected chi connectivity index (χ0v) is 9.36. The van der Waals surface area contributed by atoms with Gasteiger partial charge in [0, 0.05) is 19.5 Å². The van der Waals surface area contributed by atoms with Crippen LogP contribution < -0.4 is 10.2 Å². The first-order chi connectivity index (χ1) is 7.33. The van der Waals surface area contributed by atoms with Gasteiger partial charge in [-0.05, 0) is 38.0 Å². The second-order valence-electron chi connectivity index (χ2n) is 3.89. The van der Waals surface area contributed by atoms with Crippen LogP contribution in [0.3, 0.4) is 0 Å². The van der Waals surface area contributed by atoms with Crippen LogP contribution in [0.25, 0.3) is 0 Å². The minimum atomic E-state index is 0.676. The fraction of sp³-hybridized carbons (Fsp3) is 0.800. The molecule has 0 saturated carbocycles. The second kappa shape index (κ2) is 4.61. The summed E-state index contributed by atoms with van der Waals surface area (Å²) in [5.74, 6) is 2.17. The molecular formula is C10H18N4O. The van der Waals surface area contributed by atoms with Gasteiger partial charge in [0.25, 0.3) is 5.95 Å². The molecule has 0 amide bonds. The monoisotopic (exact) mass is 210 g/mol. The predicted octanol–water partition coefficient (Wildman–Crippen LogP) is 0.678. The Labute approximate surface area is 89.8 Å². The summed E-state index contributed by atoms with van der Waals surface area (Å²) in [5.41, 5.74) is 0. The molecule has 0 radical (unpaired) electrons. The second-order valence-corrected chi connectivity index (χ2v) is 3.89. The standard InChI is InChI=1S/C10H18N4O/c1-3-14(4-2)10-12-9(15-13-10)5-8-6-11-7-8/h8,11H,3-7H2,1-2H3. The Hall–Kier alpha value is -1.10. The highest BCUT2D eigenvalue weighted by Crippen LogP contribution is 2.14. The first-order valence-electron chi connectivity index (χ1n) is 5.61. The van der Waals surface area contributed by atoms with Crippen molar-refractivity contribution in [3.8, 4) is 0 Å². The van der Waals surface area contributed by atoms with Crippen LogP contribution in [0.1, 0.15) is 19.7 Å². The van der Waals surface area contributed by atoms with E-state index in [4.69, 9.17) is 4.52 Å². The molecule has 0 unspecified atom stereocenters. The maximum absolute atomic E-state index is 5.23. The van der Waals surface area contributed by atoms with E-state index in [0.29, 0.717) is 5.92 Å². The summed E-state index contributed by atoms with van der Waals surface area (Å²) in [6.45, 7) is 8.16. The molecule has 1 saturated heterocycles. The van der Waals surface area contributed by atoms with Gasteiger partial charge < -0.3 is 14.7 Å². The molecule has 84 valence electrons. The molecule has 0 aromatic carbocycles. The van der Waals surface area contributed by atoms with Gasteiger partial charge in [-0.3, -0.25) is 0 Å². The lowest BCUT2D eigenvalue weighted by atomic mass is 10.00. The van der Waals surface area contributed by atoms with E-state index in [2.05, 4.69) is 34.2 Å². The van der Waals surface area contributed by atoms with Crippen LogP contribution in [0.2, 0.25) is 0 Å². The summed E-state index contributed by atoms with van der Waals surface area (Å²) in [6, 6.07) is 0. The van der Waals surface area contributed by atoms with Crippen molar-refractivity contribution in [3.63, 3.8) is 0 Å². The van der Waals surface area contributed by atoms with Gasteiger partial charge >= 0.3 is 0 Å². The van der Waals surface area contributed by atoms with Crippen molar-refractivity contribution in [3.05, 3.63) is 5.89 Å². The highest BCUT2D eigenvalue weighted by atomic mass is 16.5. The van der Waals surface area contributed by atoms with E-state index in [1.807, 2.05) is 0 Å². The van der Waals surface area contributed by atoms with Crippen LogP contribution in [0, 0.1) is 5.92 Å². The summed E-state index contributed by atoms with van der Waals surface area (Å²) in [5, 5.41) is 7.22. The van der Waals surface area contributed by atoms with Crippen molar-refractivity contribution in [1.29, 1.82) is 0 Å². The van der Waals surface area contributed by atoms with E-state index < -0.39 is 0 Å². The van der Waals surface area contributed by atoms with Gasteiger partial charge in [-0.15, -0.1) is 0 Å². The minimum absolute atomic E-state index is 0.676. The number of nitrogens with zero attached hydrogens (tertiary/aromatic N) is 3. The molecule has 2 heterocycles. The number of rotatable bonds is 5. The average molecular weight is 210 g/mol. The maximum atomic E-state index is 5.23. The first-order valence-corrected chi connectivity index (χ1v) is 5.61. The Bertz CT molecular complexity index is 304. The van der Waals surface area contributed by atoms with E-state index in [9.17, 15) is 0 Å². The van der Waals surface area contributed by atoms with Crippen LogP contribution in [0.15, 0.2) is 4.52 Å². The van der Waals surface area contributed by atoms with Crippen LogP contribution in [0.5, 0.6) is 0 Å². The van der Waals surface area contributed by atoms with E-state index >= 15 is 0 Å². The van der Waals surface area contributed by atoms with Crippen LogP contribution >= 0.6 is 0 Å². The normalized spacial score (nSPS) is 16.4. The van der Waals surface area contributed by atoms with Gasteiger partial charge in [0.2, 0.25) is 5.89 Å². The SMILES string of the molecule is CCN(CC)c1noc(CC2CNC2)n1. The molecule has 0 bridgehead atoms. The van der Waals surface area contributed by atoms with Crippen molar-refractivity contribution in [2.24, 2.45) is 5.92 Å². The fourth-order valence-corrected chi connectivity index (χ4v) is 1.70. The molecule has 2 rings (SSSR count). The molecule has 1 aromatic heterocycles. The minimum Gasteiger partial charge on any atom is -0.339 e. The van der Waals surface area contributed by atoms with Crippen molar-refractivity contribution in [2.75, 3.05) is 31.1 Å². The Balaban J connectivity index is 1.95. The van der Waals surface area contributed by atoms with Crippen LogP contribution in [-0.4, -0.2) is 36.3 Å². The molecule has 1 aromatic rings. The summed E-state index contributed by atoms with van der Waals surface area (Å²) in [6.07, 6.45) is 0.904. The highest BCUT2D eigenvalue weighted by molar-refractivity contribution is 5.26. The third-order valence-corrected chi connectivity index (χ3v) is 2.83. The van der Waals surface area contributed by atoms with Gasteiger partial charge in [0.05, 0.1) is 0 Å². The largest absolute Gasteiger partial charge is 0.339 e. The summed E-state index contributed by atoms with van der Waals surface area (Å²) in [7, 11) is 0. The van der Waals surface area contributed by atoms with Crippen LogP contribution in [-0.2, 0) is 6.42 Å². The molecular weight excluding hydrogens is 192 g/mol. The highest BCUT2D eigenvalue weighted by Gasteiger charge is 2.21. The molecule has 1 aliphatic rings. The topological polar surface area (TPSA) is 54.2 Å². The lowest BCUT2D eigenvalue weighted by molar-refractivity contribution is 0.295. The molecule has 5 heteroatoms. The third-order valence-electron chi connectivity index (χ3n) is 2.83. The summed E-state index contributed by atoms with van der Waals surface area (Å²) < 4.78 is 5.23. The molecule has 1 aliphatic heterocycles. The number of hydrogen-bond acceptors (Lipinski definition) is 5. The first kappa shape index (κ1) is 10.4. The molecule has 0 spiro atoms. The third kappa shape index (κ3) is 2.28. The zero-order valence-electron chi connectivity index (χ0n) is 9.36. The van der Waals surface area contributed by atoms with E-state index in [1.54, 1.807) is 0 Å². The molecule has 15 heavy (non-hydrogen) atoms. The summed E-state index contributed by atoms with van der Waals surface area (Å²) in [4.78, 5) is 6.48. The smallest absolute Gasteiger partial charge is 0.266 e. The predicted molar refractivity (Wildman–Crippen MR) is 57.9 cm³/mol. The molecule has 0 atom stereocenters. The van der Waals surface area contributed by atoms with Crippen LogP contribution in [0.4, 0.5) is 5.95 Å². The lowest BCUT2D eigenvalue weighted by Gasteiger charge is -2.25. The number of nitrogens with one attached hydrogen (secondary N) is 1. The van der Waals surface area contributed by atoms with E-state index in [1.165, 1.54) is 0 Å². The van der Waals surface area contributed by atoms with Gasteiger partial charge in [0.15, 0.2) is 0 Å². The van der Waals surface area contributed by atoms with Gasteiger partial charge in [-0.25, -0.2) is 0 Å². The number of hydrogen-bond donors (Lipinski definition) is 1. The van der Waals surface area contributed by atoms with Gasteiger partial charge in [-0.2, -0.15) is 4.98 Å². The van der Waals surface area contributed by atoms with E-state index in [0.717, 1.165) is 44.4 Å². The number of anilines is 1. The lowest BCUT2D eigenvalue weighted by Crippen LogP contribution is -2.43. The summed E-state index contributed by atoms with van der Waals surface area (Å²) >= 11 is 0. The molecule has 1 N–H and O–H groups in total. The van der Waals surface area contributed by atoms with Crippen molar-refractivity contribution < 1.29 is 4.52 Å². The Morgan fingerprint density at radius 1 is 1.40 bits per heavy atom. The van der Waals surface area contributed by atoms with Crippen molar-refractivity contribution >= 4 is 5.95 Å². The zero-order chi connectivity index (χ0) is 10.7. The Morgan fingerprint density at radius 2 is 2.13 bits per heavy atom. The van der Waals surface area contributed by atoms with E-state index in [-0.39, 0.29) is 0 Å². The molecule has 0 aliphatic carbocycles. The number of aromatic nitrogens is 2. The fourth-order valence-electron chi connectivity index (χ4n) is 1.70. The van der Waals surface area contributed by atoms with Crippen molar-refractivity contribution in [2.45, 2.75) is 20.3 Å². The van der Waals surface area contributed by atoms with Gasteiger partial charge in [0.1, 0.15) is 0 Å². The molecule has 5 nitrogen and oxygen atoms in total. The van der Waals surface area contributed by atoms with Gasteiger partial charge in [-0.1, -0.05) is 0 Å².